The maximum Gasteiger partial charge on any atom is 0.228 e. The van der Waals surface area contributed by atoms with Gasteiger partial charge in [-0.3, -0.25) is 4.79 Å². The summed E-state index contributed by atoms with van der Waals surface area (Å²) in [5.74, 6) is 1.52. The summed E-state index contributed by atoms with van der Waals surface area (Å²) in [5.41, 5.74) is 2.11. The molecule has 0 unspecified atom stereocenters. The van der Waals surface area contributed by atoms with Gasteiger partial charge in [-0.1, -0.05) is 35.3 Å². The Morgan fingerprint density at radius 2 is 2.29 bits per heavy atom. The zero-order valence-electron chi connectivity index (χ0n) is 12.1. The molecule has 1 aromatic carbocycles. The van der Waals surface area contributed by atoms with Crippen LogP contribution in [0.2, 0.25) is 0 Å². The van der Waals surface area contributed by atoms with Gasteiger partial charge in [0.15, 0.2) is 0 Å². The van der Waals surface area contributed by atoms with Crippen LogP contribution in [0.15, 0.2) is 28.8 Å². The van der Waals surface area contributed by atoms with Gasteiger partial charge in [0, 0.05) is 24.4 Å². The molecule has 1 N–H and O–H groups in total. The fourth-order valence-electron chi connectivity index (χ4n) is 2.37. The third kappa shape index (κ3) is 3.29. The zero-order valence-corrected chi connectivity index (χ0v) is 12.1. The number of benzene rings is 1. The van der Waals surface area contributed by atoms with Crippen molar-refractivity contribution < 1.29 is 9.32 Å². The van der Waals surface area contributed by atoms with Crippen molar-refractivity contribution in [3.63, 3.8) is 0 Å². The van der Waals surface area contributed by atoms with Crippen LogP contribution in [0.25, 0.3) is 11.4 Å². The minimum atomic E-state index is 0.152. The first-order valence-corrected chi connectivity index (χ1v) is 7.40. The van der Waals surface area contributed by atoms with E-state index in [0.717, 1.165) is 24.0 Å². The lowest BCUT2D eigenvalue weighted by Gasteiger charge is -2.23. The summed E-state index contributed by atoms with van der Waals surface area (Å²) in [6.45, 7) is 2.57. The molecule has 1 fully saturated rings. The largest absolute Gasteiger partial charge is 0.355 e. The Bertz CT molecular complexity index is 632. The van der Waals surface area contributed by atoms with Crippen molar-refractivity contribution in [3.05, 3.63) is 35.7 Å². The molecule has 21 heavy (non-hydrogen) atoms. The van der Waals surface area contributed by atoms with Crippen molar-refractivity contribution in [2.45, 2.75) is 32.6 Å². The summed E-state index contributed by atoms with van der Waals surface area (Å²) < 4.78 is 5.23. The van der Waals surface area contributed by atoms with Crippen molar-refractivity contribution in [2.75, 3.05) is 6.54 Å². The van der Waals surface area contributed by atoms with Crippen LogP contribution in [0.4, 0.5) is 0 Å². The molecule has 1 amide bonds. The van der Waals surface area contributed by atoms with E-state index < -0.39 is 0 Å². The minimum absolute atomic E-state index is 0.152. The number of nitrogens with one attached hydrogen (secondary N) is 1. The van der Waals surface area contributed by atoms with E-state index in [9.17, 15) is 4.79 Å². The summed E-state index contributed by atoms with van der Waals surface area (Å²) in [6, 6.07) is 7.98. The molecule has 3 rings (SSSR count). The van der Waals surface area contributed by atoms with Crippen LogP contribution in [0.3, 0.4) is 0 Å². The topological polar surface area (TPSA) is 68.0 Å². The number of hydrogen-bond acceptors (Lipinski definition) is 4. The lowest BCUT2D eigenvalue weighted by molar-refractivity contribution is -0.127. The van der Waals surface area contributed by atoms with E-state index in [1.807, 2.05) is 31.2 Å². The number of nitrogens with zero attached hydrogens (tertiary/aromatic N) is 2. The molecule has 5 heteroatoms. The van der Waals surface area contributed by atoms with E-state index in [-0.39, 0.29) is 11.8 Å². The van der Waals surface area contributed by atoms with E-state index in [2.05, 4.69) is 15.5 Å². The third-order valence-corrected chi connectivity index (χ3v) is 3.86. The van der Waals surface area contributed by atoms with E-state index in [0.29, 0.717) is 24.7 Å². The molecule has 1 aromatic heterocycles. The van der Waals surface area contributed by atoms with Crippen LogP contribution in [0, 0.1) is 12.8 Å². The number of aromatic nitrogens is 2. The van der Waals surface area contributed by atoms with Gasteiger partial charge in [0.05, 0.1) is 0 Å². The highest BCUT2D eigenvalue weighted by Gasteiger charge is 2.24. The second-order valence-electron chi connectivity index (χ2n) is 5.55. The third-order valence-electron chi connectivity index (χ3n) is 3.86. The molecule has 5 nitrogen and oxygen atoms in total. The molecule has 0 aliphatic heterocycles. The highest BCUT2D eigenvalue weighted by molar-refractivity contribution is 5.79. The number of amides is 1. The summed E-state index contributed by atoms with van der Waals surface area (Å²) in [6.07, 6.45) is 3.77. The normalized spacial score (nSPS) is 14.7. The van der Waals surface area contributed by atoms with E-state index >= 15 is 0 Å². The van der Waals surface area contributed by atoms with E-state index in [4.69, 9.17) is 4.52 Å². The van der Waals surface area contributed by atoms with E-state index in [1.165, 1.54) is 6.42 Å². The van der Waals surface area contributed by atoms with Gasteiger partial charge in [-0.2, -0.15) is 4.98 Å². The molecular formula is C16H19N3O2. The van der Waals surface area contributed by atoms with Gasteiger partial charge < -0.3 is 9.84 Å². The molecule has 1 aliphatic carbocycles. The van der Waals surface area contributed by atoms with Gasteiger partial charge in [0.25, 0.3) is 0 Å². The first-order valence-electron chi connectivity index (χ1n) is 7.40. The Morgan fingerprint density at radius 1 is 1.43 bits per heavy atom. The maximum atomic E-state index is 11.7. The summed E-state index contributed by atoms with van der Waals surface area (Å²) >= 11 is 0. The zero-order chi connectivity index (χ0) is 14.7. The van der Waals surface area contributed by atoms with Crippen molar-refractivity contribution in [2.24, 2.45) is 5.92 Å². The smallest absolute Gasteiger partial charge is 0.228 e. The van der Waals surface area contributed by atoms with Gasteiger partial charge in [-0.05, 0) is 25.8 Å². The highest BCUT2D eigenvalue weighted by Crippen LogP contribution is 2.26. The highest BCUT2D eigenvalue weighted by atomic mass is 16.5. The van der Waals surface area contributed by atoms with Gasteiger partial charge in [-0.15, -0.1) is 0 Å². The molecule has 0 saturated heterocycles. The van der Waals surface area contributed by atoms with Crippen LogP contribution in [-0.2, 0) is 11.2 Å². The van der Waals surface area contributed by atoms with Gasteiger partial charge >= 0.3 is 0 Å². The number of carbonyl (C=O) groups is 1. The molecule has 0 spiro atoms. The van der Waals surface area contributed by atoms with Crippen molar-refractivity contribution in [1.82, 2.24) is 15.5 Å². The molecule has 2 aromatic rings. The summed E-state index contributed by atoms with van der Waals surface area (Å²) in [4.78, 5) is 16.1. The second kappa shape index (κ2) is 6.08. The monoisotopic (exact) mass is 285 g/mol. The fourth-order valence-corrected chi connectivity index (χ4v) is 2.37. The summed E-state index contributed by atoms with van der Waals surface area (Å²) in [7, 11) is 0. The van der Waals surface area contributed by atoms with Gasteiger partial charge in [-0.25, -0.2) is 0 Å². The predicted octanol–water partition coefficient (Wildman–Crippen LogP) is 2.50. The standard InChI is InChI=1S/C16H19N3O2/c1-11-4-2-7-13(10-11)15-18-14(21-19-15)8-9-17-16(20)12-5-3-6-12/h2,4,7,10,12H,3,5-6,8-9H2,1H3,(H,17,20). The molecular weight excluding hydrogens is 266 g/mol. The number of rotatable bonds is 5. The minimum Gasteiger partial charge on any atom is -0.355 e. The predicted molar refractivity (Wildman–Crippen MR) is 78.5 cm³/mol. The number of hydrogen-bond donors (Lipinski definition) is 1. The quantitative estimate of drug-likeness (QED) is 0.916. The lowest BCUT2D eigenvalue weighted by Crippen LogP contribution is -2.35. The molecule has 0 bridgehead atoms. The SMILES string of the molecule is Cc1cccc(-c2noc(CCNC(=O)C3CCC3)n2)c1. The molecule has 1 heterocycles. The molecule has 110 valence electrons. The number of carbonyl (C=O) groups excluding carboxylic acids is 1. The van der Waals surface area contributed by atoms with Crippen LogP contribution in [0.5, 0.6) is 0 Å². The Kier molecular flexibility index (Phi) is 3.99. The molecule has 0 atom stereocenters. The van der Waals surface area contributed by atoms with Gasteiger partial charge in [0.1, 0.15) is 0 Å². The van der Waals surface area contributed by atoms with Gasteiger partial charge in [0.2, 0.25) is 17.6 Å². The van der Waals surface area contributed by atoms with Crippen LogP contribution in [0.1, 0.15) is 30.7 Å². The average Bonchev–Trinajstić information content (AvgIpc) is 2.85. The Morgan fingerprint density at radius 3 is 3.00 bits per heavy atom. The second-order valence-corrected chi connectivity index (χ2v) is 5.55. The Hall–Kier alpha value is -2.17. The Labute approximate surface area is 123 Å². The van der Waals surface area contributed by atoms with Crippen molar-refractivity contribution in [1.29, 1.82) is 0 Å². The molecule has 0 radical (unpaired) electrons. The average molecular weight is 285 g/mol. The Balaban J connectivity index is 1.54. The summed E-state index contributed by atoms with van der Waals surface area (Å²) in [5, 5.41) is 6.91. The van der Waals surface area contributed by atoms with Crippen molar-refractivity contribution >= 4 is 5.91 Å². The maximum absolute atomic E-state index is 11.7. The fraction of sp³-hybridized carbons (Fsp3) is 0.438. The lowest BCUT2D eigenvalue weighted by atomic mass is 9.85. The first kappa shape index (κ1) is 13.8. The van der Waals surface area contributed by atoms with Crippen LogP contribution >= 0.6 is 0 Å². The van der Waals surface area contributed by atoms with Crippen molar-refractivity contribution in [3.8, 4) is 11.4 Å². The van der Waals surface area contributed by atoms with Crippen LogP contribution in [-0.4, -0.2) is 22.6 Å². The molecule has 1 saturated carbocycles. The van der Waals surface area contributed by atoms with Crippen LogP contribution < -0.4 is 5.32 Å². The molecule has 1 aliphatic rings. The number of aryl methyl sites for hydroxylation is 1. The first-order chi connectivity index (χ1) is 10.2. The van der Waals surface area contributed by atoms with E-state index in [1.54, 1.807) is 0 Å².